The number of hydrogen-bond acceptors (Lipinski definition) is 3. The van der Waals surface area contributed by atoms with Crippen LogP contribution >= 0.6 is 0 Å². The molecule has 0 aliphatic carbocycles. The molecule has 0 saturated carbocycles. The lowest BCUT2D eigenvalue weighted by molar-refractivity contribution is -0.137. The summed E-state index contributed by atoms with van der Waals surface area (Å²) in [5.74, 6) is -0.906. The summed E-state index contributed by atoms with van der Waals surface area (Å²) in [5.41, 5.74) is 4.77. The predicted octanol–water partition coefficient (Wildman–Crippen LogP) is 0.875. The van der Waals surface area contributed by atoms with Gasteiger partial charge in [-0.15, -0.1) is 0 Å². The molecule has 0 aromatic rings. The first-order valence-corrected chi connectivity index (χ1v) is 5.63. The number of nitrogens with two attached hydrogens (primary N) is 1. The van der Waals surface area contributed by atoms with Crippen LogP contribution in [0.3, 0.4) is 0 Å². The van der Waals surface area contributed by atoms with Crippen LogP contribution in [0, 0.1) is 0 Å². The number of unbranched alkanes of at least 4 members (excludes halogenated alkanes) is 3. The van der Waals surface area contributed by atoms with Gasteiger partial charge in [-0.1, -0.05) is 12.8 Å². The zero-order chi connectivity index (χ0) is 12.6. The van der Waals surface area contributed by atoms with E-state index in [1.54, 1.807) is 13.8 Å². The van der Waals surface area contributed by atoms with Crippen LogP contribution < -0.4 is 11.1 Å². The number of carbonyl (C=O) groups excluding carboxylic acids is 1. The third kappa shape index (κ3) is 8.23. The normalized spacial score (nSPS) is 11.2. The summed E-state index contributed by atoms with van der Waals surface area (Å²) >= 11 is 0. The predicted molar refractivity (Wildman–Crippen MR) is 62.0 cm³/mol. The van der Waals surface area contributed by atoms with E-state index in [0.29, 0.717) is 13.0 Å². The zero-order valence-corrected chi connectivity index (χ0v) is 10.1. The third-order valence-electron chi connectivity index (χ3n) is 2.19. The highest BCUT2D eigenvalue weighted by Crippen LogP contribution is 2.02. The van der Waals surface area contributed by atoms with Crippen LogP contribution in [-0.4, -0.2) is 29.1 Å². The number of carboxylic acids is 1. The van der Waals surface area contributed by atoms with Crippen molar-refractivity contribution >= 4 is 11.9 Å². The molecule has 5 heteroatoms. The Morgan fingerprint density at radius 1 is 1.19 bits per heavy atom. The van der Waals surface area contributed by atoms with E-state index in [4.69, 9.17) is 10.8 Å². The van der Waals surface area contributed by atoms with Gasteiger partial charge in [0, 0.05) is 13.0 Å². The van der Waals surface area contributed by atoms with Gasteiger partial charge in [0.25, 0.3) is 0 Å². The maximum Gasteiger partial charge on any atom is 0.303 e. The van der Waals surface area contributed by atoms with Crippen molar-refractivity contribution in [3.05, 3.63) is 0 Å². The van der Waals surface area contributed by atoms with Crippen LogP contribution in [0.1, 0.15) is 46.0 Å². The molecular weight excluding hydrogens is 208 g/mol. The van der Waals surface area contributed by atoms with E-state index >= 15 is 0 Å². The number of nitrogens with one attached hydrogen (secondary N) is 1. The van der Waals surface area contributed by atoms with E-state index in [1.807, 2.05) is 0 Å². The monoisotopic (exact) mass is 230 g/mol. The molecule has 4 N–H and O–H groups in total. The molecule has 0 heterocycles. The Morgan fingerprint density at radius 3 is 2.25 bits per heavy atom. The summed E-state index contributed by atoms with van der Waals surface area (Å²) in [4.78, 5) is 21.5. The molecule has 0 fully saturated rings. The van der Waals surface area contributed by atoms with Gasteiger partial charge < -0.3 is 16.2 Å². The first-order valence-electron chi connectivity index (χ1n) is 5.63. The van der Waals surface area contributed by atoms with E-state index in [-0.39, 0.29) is 12.3 Å². The van der Waals surface area contributed by atoms with Crippen molar-refractivity contribution in [2.45, 2.75) is 51.5 Å². The minimum Gasteiger partial charge on any atom is -0.481 e. The minimum atomic E-state index is -0.830. The number of carbonyl (C=O) groups is 2. The quantitative estimate of drug-likeness (QED) is 0.539. The van der Waals surface area contributed by atoms with Gasteiger partial charge in [0.05, 0.1) is 5.54 Å². The summed E-state index contributed by atoms with van der Waals surface area (Å²) in [5, 5.41) is 11.1. The van der Waals surface area contributed by atoms with Gasteiger partial charge in [-0.3, -0.25) is 9.59 Å². The Balaban J connectivity index is 3.34. The smallest absolute Gasteiger partial charge is 0.303 e. The van der Waals surface area contributed by atoms with Gasteiger partial charge in [0.1, 0.15) is 0 Å². The standard InChI is InChI=1S/C11H22N2O3/c1-11(2,12)10(16)13-8-6-4-3-5-7-9(14)15/h3-8,12H2,1-2H3,(H,13,16)(H,14,15). The molecule has 94 valence electrons. The van der Waals surface area contributed by atoms with Crippen molar-refractivity contribution in [1.29, 1.82) is 0 Å². The highest BCUT2D eigenvalue weighted by molar-refractivity contribution is 5.84. The van der Waals surface area contributed by atoms with E-state index in [1.165, 1.54) is 0 Å². The first kappa shape index (κ1) is 14.9. The minimum absolute atomic E-state index is 0.155. The highest BCUT2D eigenvalue weighted by atomic mass is 16.4. The van der Waals surface area contributed by atoms with Gasteiger partial charge in [-0.25, -0.2) is 0 Å². The molecule has 0 aliphatic heterocycles. The SMILES string of the molecule is CC(C)(N)C(=O)NCCCCCCC(=O)O. The van der Waals surface area contributed by atoms with Crippen molar-refractivity contribution in [3.63, 3.8) is 0 Å². The second-order valence-electron chi connectivity index (χ2n) is 4.54. The molecule has 0 aromatic heterocycles. The lowest BCUT2D eigenvalue weighted by atomic mass is 10.1. The maximum absolute atomic E-state index is 11.3. The van der Waals surface area contributed by atoms with Crippen molar-refractivity contribution in [1.82, 2.24) is 5.32 Å². The second kappa shape index (κ2) is 7.22. The molecule has 5 nitrogen and oxygen atoms in total. The lowest BCUT2D eigenvalue weighted by Crippen LogP contribution is -2.49. The Bertz CT molecular complexity index is 234. The van der Waals surface area contributed by atoms with Crippen molar-refractivity contribution in [3.8, 4) is 0 Å². The van der Waals surface area contributed by atoms with Gasteiger partial charge >= 0.3 is 5.97 Å². The molecule has 0 atom stereocenters. The average molecular weight is 230 g/mol. The largest absolute Gasteiger partial charge is 0.481 e. The Morgan fingerprint density at radius 2 is 1.75 bits per heavy atom. The fourth-order valence-electron chi connectivity index (χ4n) is 1.18. The van der Waals surface area contributed by atoms with E-state index in [9.17, 15) is 9.59 Å². The maximum atomic E-state index is 11.3. The molecule has 0 radical (unpaired) electrons. The number of aliphatic carboxylic acids is 1. The van der Waals surface area contributed by atoms with Crippen LogP contribution in [0.25, 0.3) is 0 Å². The summed E-state index contributed by atoms with van der Waals surface area (Å²) in [6.45, 7) is 3.93. The van der Waals surface area contributed by atoms with Gasteiger partial charge in [0.2, 0.25) is 5.91 Å². The Kier molecular flexibility index (Phi) is 6.72. The fraction of sp³-hybridized carbons (Fsp3) is 0.818. The van der Waals surface area contributed by atoms with Crippen molar-refractivity contribution < 1.29 is 14.7 Å². The molecule has 1 amide bonds. The van der Waals surface area contributed by atoms with Gasteiger partial charge in [-0.05, 0) is 26.7 Å². The van der Waals surface area contributed by atoms with Crippen molar-refractivity contribution in [2.24, 2.45) is 5.73 Å². The fourth-order valence-corrected chi connectivity index (χ4v) is 1.18. The lowest BCUT2D eigenvalue weighted by Gasteiger charge is -2.17. The molecule has 0 spiro atoms. The van der Waals surface area contributed by atoms with Gasteiger partial charge in [0.15, 0.2) is 0 Å². The Labute approximate surface area is 96.4 Å². The Hall–Kier alpha value is -1.10. The summed E-state index contributed by atoms with van der Waals surface area (Å²) < 4.78 is 0. The number of carboxylic acid groups (broad SMARTS) is 1. The topological polar surface area (TPSA) is 92.4 Å². The molecule has 0 unspecified atom stereocenters. The molecule has 0 aliphatic rings. The van der Waals surface area contributed by atoms with Crippen molar-refractivity contribution in [2.75, 3.05) is 6.54 Å². The molecule has 0 bridgehead atoms. The molecule has 0 aromatic carbocycles. The van der Waals surface area contributed by atoms with E-state index in [2.05, 4.69) is 5.32 Å². The molecule has 16 heavy (non-hydrogen) atoms. The van der Waals surface area contributed by atoms with Crippen LogP contribution in [0.5, 0.6) is 0 Å². The third-order valence-corrected chi connectivity index (χ3v) is 2.19. The van der Waals surface area contributed by atoms with Crippen LogP contribution in [0.15, 0.2) is 0 Å². The van der Waals surface area contributed by atoms with Crippen LogP contribution in [0.2, 0.25) is 0 Å². The highest BCUT2D eigenvalue weighted by Gasteiger charge is 2.20. The number of amides is 1. The van der Waals surface area contributed by atoms with Gasteiger partial charge in [-0.2, -0.15) is 0 Å². The van der Waals surface area contributed by atoms with E-state index < -0.39 is 11.5 Å². The van der Waals surface area contributed by atoms with E-state index in [0.717, 1.165) is 19.3 Å². The first-order chi connectivity index (χ1) is 7.34. The number of hydrogen-bond donors (Lipinski definition) is 3. The molecule has 0 rings (SSSR count). The average Bonchev–Trinajstić information content (AvgIpc) is 2.14. The summed E-state index contributed by atoms with van der Waals surface area (Å²) in [6.07, 6.45) is 3.60. The molecule has 0 saturated heterocycles. The van der Waals surface area contributed by atoms with Crippen LogP contribution in [0.4, 0.5) is 0 Å². The zero-order valence-electron chi connectivity index (χ0n) is 10.1. The van der Waals surface area contributed by atoms with Crippen LogP contribution in [-0.2, 0) is 9.59 Å². The second-order valence-corrected chi connectivity index (χ2v) is 4.54. The molecular formula is C11H22N2O3. The summed E-state index contributed by atoms with van der Waals surface area (Å²) in [7, 11) is 0. The number of rotatable bonds is 8. The summed E-state index contributed by atoms with van der Waals surface area (Å²) in [6, 6.07) is 0.